The monoisotopic (exact) mass is 508 g/mol. The van der Waals surface area contributed by atoms with Crippen molar-refractivity contribution in [2.24, 2.45) is 11.8 Å². The molecule has 0 amide bonds. The quantitative estimate of drug-likeness (QED) is 0.381. The Hall–Kier alpha value is -2.74. The van der Waals surface area contributed by atoms with Crippen molar-refractivity contribution in [2.45, 2.75) is 91.1 Å². The van der Waals surface area contributed by atoms with E-state index in [9.17, 15) is 0 Å². The van der Waals surface area contributed by atoms with E-state index in [0.717, 1.165) is 6.42 Å². The van der Waals surface area contributed by atoms with Crippen molar-refractivity contribution in [3.8, 4) is 0 Å². The van der Waals surface area contributed by atoms with E-state index in [1.54, 1.807) is 0 Å². The molecule has 1 fully saturated rings. The van der Waals surface area contributed by atoms with Crippen LogP contribution in [0.1, 0.15) is 96.9 Å². The van der Waals surface area contributed by atoms with Gasteiger partial charge in [-0.15, -0.1) is 0 Å². The summed E-state index contributed by atoms with van der Waals surface area (Å²) in [7, 11) is 4.49. The van der Waals surface area contributed by atoms with Gasteiger partial charge in [0.05, 0.1) is 11.1 Å². The molecule has 3 aliphatic rings. The largest absolute Gasteiger partial charge is 0.365 e. The molecule has 1 saturated carbocycles. The Morgan fingerprint density at radius 1 is 0.816 bits per heavy atom. The van der Waals surface area contributed by atoms with Crippen LogP contribution < -0.4 is 9.80 Å². The minimum absolute atomic E-state index is 0.0185. The minimum atomic E-state index is -0.212. The number of anilines is 2. The molecule has 2 heteroatoms. The van der Waals surface area contributed by atoms with Crippen molar-refractivity contribution in [3.63, 3.8) is 0 Å². The third kappa shape index (κ3) is 3.81. The van der Waals surface area contributed by atoms with E-state index in [4.69, 9.17) is 6.58 Å². The Balaban J connectivity index is 1.76. The van der Waals surface area contributed by atoms with Gasteiger partial charge in [0.25, 0.3) is 0 Å². The Kier molecular flexibility index (Phi) is 6.29. The summed E-state index contributed by atoms with van der Waals surface area (Å²) in [4.78, 5) is 4.91. The average molecular weight is 509 g/mol. The molecule has 0 spiro atoms. The highest BCUT2D eigenvalue weighted by Crippen LogP contribution is 2.55. The Bertz CT molecular complexity index is 1270. The zero-order valence-electron chi connectivity index (χ0n) is 25.5. The molecule has 0 aromatic heterocycles. The smallest absolute Gasteiger partial charge is 0.0531 e. The van der Waals surface area contributed by atoms with Gasteiger partial charge in [-0.3, -0.25) is 0 Å². The first-order valence-corrected chi connectivity index (χ1v) is 14.6. The van der Waals surface area contributed by atoms with E-state index < -0.39 is 0 Å². The molecule has 2 heterocycles. The normalized spacial score (nSPS) is 25.4. The summed E-state index contributed by atoms with van der Waals surface area (Å²) in [6, 6.07) is 14.6. The molecule has 2 unspecified atom stereocenters. The molecule has 0 N–H and O–H groups in total. The number of likely N-dealkylation sites (N-methyl/N-ethyl adjacent to an activating group) is 2. The highest BCUT2D eigenvalue weighted by Gasteiger charge is 2.47. The molecule has 2 aliphatic heterocycles. The summed E-state index contributed by atoms with van der Waals surface area (Å²) in [5.41, 5.74) is 12.0. The highest BCUT2D eigenvalue weighted by atomic mass is 15.2. The number of rotatable bonds is 3. The van der Waals surface area contributed by atoms with E-state index in [-0.39, 0.29) is 16.5 Å². The first kappa shape index (κ1) is 26.9. The fraction of sp³-hybridized carbons (Fsp3) is 0.500. The second-order valence-corrected chi connectivity index (χ2v) is 13.6. The molecule has 0 radical (unpaired) electrons. The predicted molar refractivity (Wildman–Crippen MR) is 167 cm³/mol. The summed E-state index contributed by atoms with van der Waals surface area (Å²) in [5.74, 6) is 1.17. The van der Waals surface area contributed by atoms with Crippen LogP contribution in [0.15, 0.2) is 60.7 Å². The molecule has 5 rings (SSSR count). The van der Waals surface area contributed by atoms with Crippen molar-refractivity contribution in [1.82, 2.24) is 0 Å². The van der Waals surface area contributed by atoms with E-state index in [1.165, 1.54) is 63.2 Å². The zero-order valence-corrected chi connectivity index (χ0v) is 25.5. The molecule has 2 nitrogen and oxygen atoms in total. The number of fused-ring (bicyclic) bond motifs is 2. The Morgan fingerprint density at radius 3 is 1.66 bits per heavy atom. The number of benzene rings is 2. The lowest BCUT2D eigenvalue weighted by molar-refractivity contribution is 0.244. The van der Waals surface area contributed by atoms with E-state index in [2.05, 4.69) is 128 Å². The van der Waals surface area contributed by atoms with Crippen LogP contribution in [0.5, 0.6) is 0 Å². The average Bonchev–Trinajstić information content (AvgIpc) is 2.85. The molecule has 2 aromatic rings. The summed E-state index contributed by atoms with van der Waals surface area (Å²) < 4.78 is 0. The zero-order chi connectivity index (χ0) is 27.8. The predicted octanol–water partition coefficient (Wildman–Crippen LogP) is 9.25. The van der Waals surface area contributed by atoms with Crippen LogP contribution in [0.2, 0.25) is 0 Å². The number of hydrogen-bond donors (Lipinski definition) is 0. The fourth-order valence-electron chi connectivity index (χ4n) is 7.88. The topological polar surface area (TPSA) is 6.48 Å². The highest BCUT2D eigenvalue weighted by molar-refractivity contribution is 5.83. The van der Waals surface area contributed by atoms with Gasteiger partial charge < -0.3 is 9.80 Å². The van der Waals surface area contributed by atoms with E-state index >= 15 is 0 Å². The van der Waals surface area contributed by atoms with Crippen LogP contribution in [0.4, 0.5) is 11.4 Å². The van der Waals surface area contributed by atoms with Gasteiger partial charge in [-0.1, -0.05) is 68.8 Å². The van der Waals surface area contributed by atoms with Crippen LogP contribution >= 0.6 is 0 Å². The van der Waals surface area contributed by atoms with Crippen molar-refractivity contribution in [1.29, 1.82) is 0 Å². The van der Waals surface area contributed by atoms with Crippen LogP contribution in [0, 0.1) is 11.8 Å². The van der Waals surface area contributed by atoms with Gasteiger partial charge in [-0.25, -0.2) is 0 Å². The maximum absolute atomic E-state index is 4.87. The first-order chi connectivity index (χ1) is 17.7. The summed E-state index contributed by atoms with van der Waals surface area (Å²) >= 11 is 0. The third-order valence-electron chi connectivity index (χ3n) is 10.4. The molecule has 2 aromatic carbocycles. The SMILES string of the molecule is C=C1CC(CC)CC(C)C1(c1ccc2c(c1)N(C)C(C)(C)C=C2C)c1ccc2c(c1)N(C)C(C)(C)C=C2C. The third-order valence-corrected chi connectivity index (χ3v) is 10.4. The van der Waals surface area contributed by atoms with Crippen molar-refractivity contribution >= 4 is 22.5 Å². The number of allylic oxidation sites excluding steroid dienone is 3. The van der Waals surface area contributed by atoms with Crippen molar-refractivity contribution in [2.75, 3.05) is 23.9 Å². The van der Waals surface area contributed by atoms with E-state index in [0.29, 0.717) is 11.8 Å². The summed E-state index contributed by atoms with van der Waals surface area (Å²) in [6.07, 6.45) is 8.33. The molecule has 0 bridgehead atoms. The molecule has 38 heavy (non-hydrogen) atoms. The van der Waals surface area contributed by atoms with Crippen LogP contribution in [0.25, 0.3) is 11.1 Å². The lowest BCUT2D eigenvalue weighted by atomic mass is 9.55. The van der Waals surface area contributed by atoms with Gasteiger partial charge in [0.2, 0.25) is 0 Å². The number of nitrogens with zero attached hydrogens (tertiary/aromatic N) is 2. The molecule has 0 saturated heterocycles. The molecule has 1 aliphatic carbocycles. The van der Waals surface area contributed by atoms with Crippen LogP contribution in [-0.4, -0.2) is 25.2 Å². The van der Waals surface area contributed by atoms with Gasteiger partial charge >= 0.3 is 0 Å². The summed E-state index contributed by atoms with van der Waals surface area (Å²) in [6.45, 7) is 23.5. The second kappa shape index (κ2) is 8.90. The van der Waals surface area contributed by atoms with Gasteiger partial charge in [0.1, 0.15) is 0 Å². The van der Waals surface area contributed by atoms with Crippen molar-refractivity contribution in [3.05, 3.63) is 83.0 Å². The Labute approximate surface area is 232 Å². The van der Waals surface area contributed by atoms with E-state index in [1.807, 2.05) is 0 Å². The maximum Gasteiger partial charge on any atom is 0.0531 e. The lowest BCUT2D eigenvalue weighted by Crippen LogP contribution is -2.45. The minimum Gasteiger partial charge on any atom is -0.365 e. The van der Waals surface area contributed by atoms with Crippen molar-refractivity contribution < 1.29 is 0 Å². The Morgan fingerprint density at radius 2 is 1.26 bits per heavy atom. The standard InChI is InChI=1S/C36H48N2/c1-12-27-17-25(4)36(26(5)18-27,28-13-15-30-23(2)21-34(6,7)37(10)32(30)19-28)29-14-16-31-24(3)22-35(8,9)38(11)33(31)20-29/h13-16,19-22,26-27H,4,12,17-18H2,1-3,5-11H3. The fourth-order valence-corrected chi connectivity index (χ4v) is 7.88. The first-order valence-electron chi connectivity index (χ1n) is 14.6. The van der Waals surface area contributed by atoms with Gasteiger partial charge in [-0.2, -0.15) is 0 Å². The van der Waals surface area contributed by atoms with Crippen LogP contribution in [0.3, 0.4) is 0 Å². The molecular formula is C36H48N2. The molecular weight excluding hydrogens is 460 g/mol. The molecule has 202 valence electrons. The summed E-state index contributed by atoms with van der Waals surface area (Å²) in [5, 5.41) is 0. The van der Waals surface area contributed by atoms with Gasteiger partial charge in [0.15, 0.2) is 0 Å². The maximum atomic E-state index is 4.87. The van der Waals surface area contributed by atoms with Gasteiger partial charge in [0, 0.05) is 42.0 Å². The number of hydrogen-bond acceptors (Lipinski definition) is 2. The second-order valence-electron chi connectivity index (χ2n) is 13.6. The van der Waals surface area contributed by atoms with Gasteiger partial charge in [-0.05, 0) is 101 Å². The van der Waals surface area contributed by atoms with Crippen LogP contribution in [-0.2, 0) is 5.41 Å². The lowest BCUT2D eigenvalue weighted by Gasteiger charge is -2.50. The molecule has 2 atom stereocenters.